The van der Waals surface area contributed by atoms with Crippen LogP contribution in [-0.2, 0) is 4.74 Å². The number of methoxy groups -OCH3 is 1. The van der Waals surface area contributed by atoms with Crippen molar-refractivity contribution < 1.29 is 4.74 Å². The van der Waals surface area contributed by atoms with Gasteiger partial charge in [-0.15, -0.1) is 11.3 Å². The van der Waals surface area contributed by atoms with Gasteiger partial charge in [0.2, 0.25) is 0 Å². The maximum Gasteiger partial charge on any atom is 0.0601 e. The molecule has 0 radical (unpaired) electrons. The number of ether oxygens (including phenoxy) is 1. The van der Waals surface area contributed by atoms with Crippen molar-refractivity contribution in [3.8, 4) is 0 Å². The fraction of sp³-hybridized carbons (Fsp3) is 0.636. The van der Waals surface area contributed by atoms with Gasteiger partial charge in [0.15, 0.2) is 0 Å². The van der Waals surface area contributed by atoms with E-state index in [-0.39, 0.29) is 0 Å². The lowest BCUT2D eigenvalue weighted by Gasteiger charge is -2.36. The van der Waals surface area contributed by atoms with E-state index in [4.69, 9.17) is 4.74 Å². The quantitative estimate of drug-likeness (QED) is 0.918. The largest absolute Gasteiger partial charge is 0.381 e. The zero-order valence-corrected chi connectivity index (χ0v) is 11.4. The van der Waals surface area contributed by atoms with Crippen molar-refractivity contribution in [3.05, 3.63) is 20.8 Å². The summed E-state index contributed by atoms with van der Waals surface area (Å²) in [6.45, 7) is 2.22. The third-order valence-corrected chi connectivity index (χ3v) is 4.80. The van der Waals surface area contributed by atoms with E-state index in [1.54, 1.807) is 18.4 Å². The normalized spacial score (nSPS) is 27.4. The van der Waals surface area contributed by atoms with Crippen LogP contribution in [0.25, 0.3) is 0 Å². The van der Waals surface area contributed by atoms with Crippen LogP contribution in [0.5, 0.6) is 0 Å². The molecule has 1 atom stereocenters. The summed E-state index contributed by atoms with van der Waals surface area (Å²) in [4.78, 5) is 1.39. The lowest BCUT2D eigenvalue weighted by molar-refractivity contribution is 0.0148. The summed E-state index contributed by atoms with van der Waals surface area (Å²) in [5, 5.41) is 5.75. The Bertz CT molecular complexity index is 322. The first-order valence-corrected chi connectivity index (χ1v) is 6.89. The average molecular weight is 290 g/mol. The lowest BCUT2D eigenvalue weighted by Crippen LogP contribution is -2.45. The number of thiophene rings is 1. The van der Waals surface area contributed by atoms with Crippen LogP contribution in [0.1, 0.15) is 30.7 Å². The van der Waals surface area contributed by atoms with Gasteiger partial charge in [0.05, 0.1) is 6.10 Å². The summed E-state index contributed by atoms with van der Waals surface area (Å²) in [6.07, 6.45) is 2.77. The number of hydrogen-bond acceptors (Lipinski definition) is 3. The second-order valence-electron chi connectivity index (χ2n) is 4.08. The highest BCUT2D eigenvalue weighted by Gasteiger charge is 2.29. The fourth-order valence-electron chi connectivity index (χ4n) is 1.89. The third kappa shape index (κ3) is 2.81. The molecule has 1 heterocycles. The molecule has 0 saturated heterocycles. The summed E-state index contributed by atoms with van der Waals surface area (Å²) in [7, 11) is 1.79. The molecule has 0 spiro atoms. The van der Waals surface area contributed by atoms with Crippen LogP contribution in [0.15, 0.2) is 15.9 Å². The van der Waals surface area contributed by atoms with Crippen LogP contribution < -0.4 is 5.32 Å². The van der Waals surface area contributed by atoms with E-state index in [9.17, 15) is 0 Å². The van der Waals surface area contributed by atoms with Crippen molar-refractivity contribution in [2.45, 2.75) is 38.0 Å². The molecule has 1 fully saturated rings. The van der Waals surface area contributed by atoms with Crippen LogP contribution in [0.4, 0.5) is 0 Å². The average Bonchev–Trinajstić information content (AvgIpc) is 2.57. The SMILES string of the molecule is COC1CC(NC(C)c2cc(Br)cs2)C1. The minimum Gasteiger partial charge on any atom is -0.381 e. The second-order valence-corrected chi connectivity index (χ2v) is 5.94. The Hall–Kier alpha value is 0.1000. The predicted octanol–water partition coefficient (Wildman–Crippen LogP) is 3.34. The van der Waals surface area contributed by atoms with Gasteiger partial charge in [-0.3, -0.25) is 0 Å². The Morgan fingerprint density at radius 1 is 1.60 bits per heavy atom. The van der Waals surface area contributed by atoms with Crippen molar-refractivity contribution in [2.24, 2.45) is 0 Å². The van der Waals surface area contributed by atoms with Gasteiger partial charge in [-0.25, -0.2) is 0 Å². The van der Waals surface area contributed by atoms with Gasteiger partial charge >= 0.3 is 0 Å². The minimum absolute atomic E-state index is 0.448. The molecule has 15 heavy (non-hydrogen) atoms. The molecule has 1 unspecified atom stereocenters. The monoisotopic (exact) mass is 289 g/mol. The van der Waals surface area contributed by atoms with E-state index >= 15 is 0 Å². The molecule has 1 aliphatic rings. The molecule has 1 aromatic heterocycles. The minimum atomic E-state index is 0.448. The Morgan fingerprint density at radius 2 is 2.33 bits per heavy atom. The first kappa shape index (κ1) is 11.6. The van der Waals surface area contributed by atoms with E-state index in [1.807, 2.05) is 0 Å². The topological polar surface area (TPSA) is 21.3 Å². The predicted molar refractivity (Wildman–Crippen MR) is 67.4 cm³/mol. The molecule has 1 saturated carbocycles. The van der Waals surface area contributed by atoms with E-state index in [0.717, 1.165) is 12.8 Å². The van der Waals surface area contributed by atoms with Crippen molar-refractivity contribution in [2.75, 3.05) is 7.11 Å². The molecule has 1 aliphatic carbocycles. The molecule has 0 amide bonds. The fourth-order valence-corrected chi connectivity index (χ4v) is 3.35. The third-order valence-electron chi connectivity index (χ3n) is 2.93. The summed E-state index contributed by atoms with van der Waals surface area (Å²) < 4.78 is 6.44. The number of nitrogens with one attached hydrogen (secondary N) is 1. The van der Waals surface area contributed by atoms with Gasteiger partial charge in [0, 0.05) is 33.9 Å². The summed E-state index contributed by atoms with van der Waals surface area (Å²) in [5.74, 6) is 0. The van der Waals surface area contributed by atoms with E-state index < -0.39 is 0 Å². The van der Waals surface area contributed by atoms with Crippen LogP contribution in [0.3, 0.4) is 0 Å². The Labute approximate surface area is 103 Å². The van der Waals surface area contributed by atoms with Crippen molar-refractivity contribution >= 4 is 27.3 Å². The molecule has 1 aromatic rings. The number of hydrogen-bond donors (Lipinski definition) is 1. The Balaban J connectivity index is 1.81. The highest BCUT2D eigenvalue weighted by Crippen LogP contribution is 2.29. The van der Waals surface area contributed by atoms with E-state index in [2.05, 4.69) is 39.6 Å². The standard InChI is InChI=1S/C11H16BrNOS/c1-7(11-3-8(12)6-15-11)13-9-4-10(5-9)14-2/h3,6-7,9-10,13H,4-5H2,1-2H3. The van der Waals surface area contributed by atoms with Crippen LogP contribution in [-0.4, -0.2) is 19.3 Å². The maximum absolute atomic E-state index is 5.26. The number of rotatable bonds is 4. The first-order chi connectivity index (χ1) is 7.19. The molecule has 2 nitrogen and oxygen atoms in total. The van der Waals surface area contributed by atoms with Gasteiger partial charge in [0.1, 0.15) is 0 Å². The Kier molecular flexibility index (Phi) is 3.83. The van der Waals surface area contributed by atoms with Crippen LogP contribution in [0.2, 0.25) is 0 Å². The molecule has 0 aliphatic heterocycles. The molecule has 4 heteroatoms. The van der Waals surface area contributed by atoms with Crippen LogP contribution >= 0.6 is 27.3 Å². The van der Waals surface area contributed by atoms with Gasteiger partial charge in [-0.1, -0.05) is 0 Å². The number of halogens is 1. The van der Waals surface area contributed by atoms with Gasteiger partial charge in [-0.05, 0) is 41.8 Å². The van der Waals surface area contributed by atoms with Crippen molar-refractivity contribution in [3.63, 3.8) is 0 Å². The molecule has 84 valence electrons. The first-order valence-electron chi connectivity index (χ1n) is 5.22. The van der Waals surface area contributed by atoms with Gasteiger partial charge in [0.25, 0.3) is 0 Å². The molecular formula is C11H16BrNOS. The van der Waals surface area contributed by atoms with Crippen molar-refractivity contribution in [1.82, 2.24) is 5.32 Å². The molecule has 0 bridgehead atoms. The smallest absolute Gasteiger partial charge is 0.0601 e. The van der Waals surface area contributed by atoms with Crippen LogP contribution in [0, 0.1) is 0 Å². The van der Waals surface area contributed by atoms with Crippen molar-refractivity contribution in [1.29, 1.82) is 0 Å². The zero-order valence-electron chi connectivity index (χ0n) is 9.00. The maximum atomic E-state index is 5.26. The van der Waals surface area contributed by atoms with Gasteiger partial charge in [-0.2, -0.15) is 0 Å². The lowest BCUT2D eigenvalue weighted by atomic mass is 9.88. The molecule has 0 aromatic carbocycles. The second kappa shape index (κ2) is 4.95. The van der Waals surface area contributed by atoms with Gasteiger partial charge < -0.3 is 10.1 Å². The summed E-state index contributed by atoms with van der Waals surface area (Å²) >= 11 is 5.28. The van der Waals surface area contributed by atoms with E-state index in [0.29, 0.717) is 18.2 Å². The molecule has 1 N–H and O–H groups in total. The highest BCUT2D eigenvalue weighted by atomic mass is 79.9. The zero-order chi connectivity index (χ0) is 10.8. The summed E-state index contributed by atoms with van der Waals surface area (Å²) in [5.41, 5.74) is 0. The highest BCUT2D eigenvalue weighted by molar-refractivity contribution is 9.10. The summed E-state index contributed by atoms with van der Waals surface area (Å²) in [6, 6.07) is 3.27. The Morgan fingerprint density at radius 3 is 2.87 bits per heavy atom. The van der Waals surface area contributed by atoms with E-state index in [1.165, 1.54) is 9.35 Å². The molecular weight excluding hydrogens is 274 g/mol. The molecule has 2 rings (SSSR count).